The van der Waals surface area contributed by atoms with Gasteiger partial charge in [0.05, 0.1) is 16.6 Å². The SMILES string of the molecule is CC(C)(C)c1ccc(S(=O)Cc2ccc(Cl)cc2N)cc1. The Hall–Kier alpha value is -1.32. The van der Waals surface area contributed by atoms with Crippen LogP contribution >= 0.6 is 11.6 Å². The fourth-order valence-electron chi connectivity index (χ4n) is 2.03. The van der Waals surface area contributed by atoms with Crippen LogP contribution in [0.15, 0.2) is 47.4 Å². The Morgan fingerprint density at radius 2 is 1.71 bits per heavy atom. The highest BCUT2D eigenvalue weighted by molar-refractivity contribution is 7.84. The van der Waals surface area contributed by atoms with Crippen molar-refractivity contribution in [2.45, 2.75) is 36.8 Å². The fraction of sp³-hybridized carbons (Fsp3) is 0.294. The first-order valence-corrected chi connectivity index (χ1v) is 8.50. The Morgan fingerprint density at radius 1 is 1.10 bits per heavy atom. The van der Waals surface area contributed by atoms with Gasteiger partial charge in [-0.25, -0.2) is 0 Å². The lowest BCUT2D eigenvalue weighted by molar-refractivity contribution is 0.589. The van der Waals surface area contributed by atoms with E-state index in [-0.39, 0.29) is 5.41 Å². The van der Waals surface area contributed by atoms with E-state index >= 15 is 0 Å². The molecule has 0 heterocycles. The molecule has 112 valence electrons. The molecular weight excluding hydrogens is 302 g/mol. The van der Waals surface area contributed by atoms with Gasteiger partial charge in [0.25, 0.3) is 0 Å². The van der Waals surface area contributed by atoms with Gasteiger partial charge in [0.2, 0.25) is 0 Å². The van der Waals surface area contributed by atoms with Crippen LogP contribution in [0.2, 0.25) is 5.02 Å². The second kappa shape index (κ2) is 6.20. The monoisotopic (exact) mass is 321 g/mol. The largest absolute Gasteiger partial charge is 0.398 e. The zero-order valence-corrected chi connectivity index (χ0v) is 14.1. The van der Waals surface area contributed by atoms with Gasteiger partial charge in [-0.05, 0) is 40.8 Å². The molecule has 0 aromatic heterocycles. The smallest absolute Gasteiger partial charge is 0.0574 e. The van der Waals surface area contributed by atoms with Crippen molar-refractivity contribution in [2.75, 3.05) is 5.73 Å². The highest BCUT2D eigenvalue weighted by atomic mass is 35.5. The number of nitrogen functional groups attached to an aromatic ring is 1. The van der Waals surface area contributed by atoms with Crippen molar-refractivity contribution in [2.24, 2.45) is 0 Å². The lowest BCUT2D eigenvalue weighted by Crippen LogP contribution is -2.11. The first kappa shape index (κ1) is 16.1. The summed E-state index contributed by atoms with van der Waals surface area (Å²) in [5, 5.41) is 0.594. The summed E-state index contributed by atoms with van der Waals surface area (Å²) in [5.74, 6) is 0.401. The minimum Gasteiger partial charge on any atom is -0.398 e. The highest BCUT2D eigenvalue weighted by Gasteiger charge is 2.14. The third-order valence-electron chi connectivity index (χ3n) is 3.38. The molecule has 1 atom stereocenters. The molecule has 0 saturated carbocycles. The summed E-state index contributed by atoms with van der Waals surface area (Å²) < 4.78 is 12.4. The van der Waals surface area contributed by atoms with Crippen molar-refractivity contribution < 1.29 is 4.21 Å². The summed E-state index contributed by atoms with van der Waals surface area (Å²) in [4.78, 5) is 0.817. The van der Waals surface area contributed by atoms with Crippen LogP contribution in [-0.2, 0) is 22.0 Å². The van der Waals surface area contributed by atoms with E-state index in [0.29, 0.717) is 16.5 Å². The summed E-state index contributed by atoms with van der Waals surface area (Å²) in [6, 6.07) is 13.2. The first-order valence-electron chi connectivity index (χ1n) is 6.80. The molecule has 0 aliphatic carbocycles. The van der Waals surface area contributed by atoms with Crippen molar-refractivity contribution >= 4 is 28.1 Å². The normalized spacial score (nSPS) is 13.1. The molecule has 0 saturated heterocycles. The van der Waals surface area contributed by atoms with E-state index in [0.717, 1.165) is 10.5 Å². The standard InChI is InChI=1S/C17H20ClNOS/c1-17(2,3)13-5-8-15(9-6-13)21(20)11-12-4-7-14(18)10-16(12)19/h4-10H,11,19H2,1-3H3. The zero-order valence-electron chi connectivity index (χ0n) is 12.5. The third-order valence-corrected chi connectivity index (χ3v) is 4.98. The topological polar surface area (TPSA) is 43.1 Å². The average molecular weight is 322 g/mol. The summed E-state index contributed by atoms with van der Waals surface area (Å²) >= 11 is 5.87. The van der Waals surface area contributed by atoms with Gasteiger partial charge >= 0.3 is 0 Å². The first-order chi connectivity index (χ1) is 9.77. The van der Waals surface area contributed by atoms with Crippen molar-refractivity contribution in [3.05, 3.63) is 58.6 Å². The minimum absolute atomic E-state index is 0.0978. The van der Waals surface area contributed by atoms with Crippen LogP contribution in [0, 0.1) is 0 Å². The van der Waals surface area contributed by atoms with Gasteiger partial charge in [-0.1, -0.05) is 50.6 Å². The molecule has 2 rings (SSSR count). The molecule has 21 heavy (non-hydrogen) atoms. The number of hydrogen-bond acceptors (Lipinski definition) is 2. The Balaban J connectivity index is 2.17. The number of nitrogens with two attached hydrogens (primary N) is 1. The maximum absolute atomic E-state index is 12.4. The molecular formula is C17H20ClNOS. The summed E-state index contributed by atoms with van der Waals surface area (Å²) in [6.45, 7) is 6.48. The van der Waals surface area contributed by atoms with Crippen LogP contribution in [0.5, 0.6) is 0 Å². The molecule has 0 aliphatic rings. The third kappa shape index (κ3) is 4.08. The molecule has 0 bridgehead atoms. The molecule has 0 fully saturated rings. The molecule has 0 spiro atoms. The number of rotatable bonds is 3. The van der Waals surface area contributed by atoms with Gasteiger partial charge in [0, 0.05) is 15.6 Å². The molecule has 0 radical (unpaired) electrons. The van der Waals surface area contributed by atoms with Crippen LogP contribution in [0.3, 0.4) is 0 Å². The van der Waals surface area contributed by atoms with Gasteiger partial charge in [-0.2, -0.15) is 0 Å². The minimum atomic E-state index is -1.11. The Kier molecular flexibility index (Phi) is 4.74. The van der Waals surface area contributed by atoms with Gasteiger partial charge in [-0.3, -0.25) is 4.21 Å². The van der Waals surface area contributed by atoms with Crippen molar-refractivity contribution in [1.29, 1.82) is 0 Å². The second-order valence-corrected chi connectivity index (χ2v) is 7.99. The molecule has 0 amide bonds. The van der Waals surface area contributed by atoms with E-state index in [1.165, 1.54) is 5.56 Å². The number of hydrogen-bond donors (Lipinski definition) is 1. The van der Waals surface area contributed by atoms with E-state index in [4.69, 9.17) is 17.3 Å². The van der Waals surface area contributed by atoms with Crippen LogP contribution in [0.1, 0.15) is 31.9 Å². The van der Waals surface area contributed by atoms with E-state index in [1.807, 2.05) is 30.3 Å². The molecule has 2 aromatic rings. The Bertz CT molecular complexity index is 659. The summed E-state index contributed by atoms with van der Waals surface area (Å²) in [7, 11) is -1.11. The van der Waals surface area contributed by atoms with E-state index in [2.05, 4.69) is 20.8 Å². The second-order valence-electron chi connectivity index (χ2n) is 6.11. The van der Waals surface area contributed by atoms with Crippen molar-refractivity contribution in [3.63, 3.8) is 0 Å². The van der Waals surface area contributed by atoms with E-state index < -0.39 is 10.8 Å². The summed E-state index contributed by atoms with van der Waals surface area (Å²) in [6.07, 6.45) is 0. The Labute approximate surface area is 133 Å². The van der Waals surface area contributed by atoms with Crippen molar-refractivity contribution in [3.8, 4) is 0 Å². The van der Waals surface area contributed by atoms with Gasteiger partial charge < -0.3 is 5.73 Å². The number of benzene rings is 2. The van der Waals surface area contributed by atoms with E-state index in [1.54, 1.807) is 12.1 Å². The quantitative estimate of drug-likeness (QED) is 0.844. The molecule has 0 aliphatic heterocycles. The number of halogens is 1. The molecule has 2 nitrogen and oxygen atoms in total. The maximum atomic E-state index is 12.4. The highest BCUT2D eigenvalue weighted by Crippen LogP contribution is 2.25. The lowest BCUT2D eigenvalue weighted by atomic mass is 9.87. The molecule has 4 heteroatoms. The predicted molar refractivity (Wildman–Crippen MR) is 91.1 cm³/mol. The van der Waals surface area contributed by atoms with Gasteiger partial charge in [0.15, 0.2) is 0 Å². The maximum Gasteiger partial charge on any atom is 0.0574 e. The van der Waals surface area contributed by atoms with Crippen LogP contribution in [0.4, 0.5) is 5.69 Å². The predicted octanol–water partition coefficient (Wildman–Crippen LogP) is 4.53. The summed E-state index contributed by atoms with van der Waals surface area (Å²) in [5.41, 5.74) is 8.68. The van der Waals surface area contributed by atoms with Crippen LogP contribution in [-0.4, -0.2) is 4.21 Å². The van der Waals surface area contributed by atoms with Crippen LogP contribution < -0.4 is 5.73 Å². The average Bonchev–Trinajstić information content (AvgIpc) is 2.41. The zero-order chi connectivity index (χ0) is 15.6. The lowest BCUT2D eigenvalue weighted by Gasteiger charge is -2.19. The molecule has 2 aromatic carbocycles. The van der Waals surface area contributed by atoms with E-state index in [9.17, 15) is 4.21 Å². The Morgan fingerprint density at radius 3 is 2.24 bits per heavy atom. The van der Waals surface area contributed by atoms with Crippen LogP contribution in [0.25, 0.3) is 0 Å². The fourth-order valence-corrected chi connectivity index (χ4v) is 3.36. The molecule has 1 unspecified atom stereocenters. The van der Waals surface area contributed by atoms with Crippen molar-refractivity contribution in [1.82, 2.24) is 0 Å². The van der Waals surface area contributed by atoms with Gasteiger partial charge in [0.1, 0.15) is 0 Å². The molecule has 2 N–H and O–H groups in total. The van der Waals surface area contributed by atoms with Gasteiger partial charge in [-0.15, -0.1) is 0 Å². The number of anilines is 1.